The first-order valence-electron chi connectivity index (χ1n) is 7.61. The molecule has 1 N–H and O–H groups in total. The van der Waals surface area contributed by atoms with E-state index >= 15 is 0 Å². The molecule has 26 heavy (non-hydrogen) atoms. The molecule has 0 aliphatic rings. The zero-order valence-electron chi connectivity index (χ0n) is 15.2. The Balaban J connectivity index is 0.00000105. The van der Waals surface area contributed by atoms with Crippen LogP contribution in [-0.4, -0.2) is 16.4 Å². The molecule has 0 atom stereocenters. The Kier molecular flexibility index (Phi) is 10.1. The molecule has 0 fully saturated rings. The van der Waals surface area contributed by atoms with Gasteiger partial charge in [0.1, 0.15) is 0 Å². The summed E-state index contributed by atoms with van der Waals surface area (Å²) in [5.41, 5.74) is 8.19. The predicted molar refractivity (Wildman–Crippen MR) is 110 cm³/mol. The van der Waals surface area contributed by atoms with E-state index in [1.807, 2.05) is 31.4 Å². The number of rotatable bonds is 4. The molecular formula is C18H20Cl2FeN4S. The number of benzene rings is 1. The number of halogens is 2. The number of aromatic amines is 1. The Hall–Kier alpha value is -1.22. The molecule has 0 saturated carbocycles. The van der Waals surface area contributed by atoms with Gasteiger partial charge in [-0.05, 0) is 57.9 Å². The van der Waals surface area contributed by atoms with Crippen molar-refractivity contribution in [2.75, 3.05) is 0 Å². The first-order valence-corrected chi connectivity index (χ1v) is 11.4. The molecule has 0 radical (unpaired) electrons. The topological polar surface area (TPSA) is 64.3 Å². The Morgan fingerprint density at radius 1 is 1.08 bits per heavy atom. The van der Waals surface area contributed by atoms with Crippen LogP contribution in [0.15, 0.2) is 33.7 Å². The molecule has 2 rings (SSSR count). The van der Waals surface area contributed by atoms with E-state index in [0.29, 0.717) is 0 Å². The summed E-state index contributed by atoms with van der Waals surface area (Å²) in [5, 5.41) is 10.5. The normalized spacial score (nSPS) is 11.8. The first-order chi connectivity index (χ1) is 12.3. The van der Waals surface area contributed by atoms with Gasteiger partial charge in [-0.15, -0.1) is 0 Å². The van der Waals surface area contributed by atoms with Gasteiger partial charge in [-0.1, -0.05) is 17.7 Å². The Morgan fingerprint density at radius 3 is 2.08 bits per heavy atom. The SMILES string of the molecule is CC(=Nc1c(C)cc(C)cc1C)c1ccc(/C(C)=N/SC#N)[nH]1.[Cl][Fe][Cl]. The number of thiocyanates is 1. The molecule has 140 valence electrons. The van der Waals surface area contributed by atoms with Crippen LogP contribution < -0.4 is 0 Å². The molecule has 1 aromatic carbocycles. The first kappa shape index (κ1) is 22.8. The fourth-order valence-corrected chi connectivity index (χ4v) is 2.81. The number of aryl methyl sites for hydroxylation is 3. The summed E-state index contributed by atoms with van der Waals surface area (Å²) >= 11 is 1.07. The van der Waals surface area contributed by atoms with Crippen molar-refractivity contribution in [3.63, 3.8) is 0 Å². The van der Waals surface area contributed by atoms with Gasteiger partial charge in [-0.3, -0.25) is 4.99 Å². The van der Waals surface area contributed by atoms with Crippen LogP contribution in [-0.2, 0) is 13.1 Å². The van der Waals surface area contributed by atoms with E-state index in [4.69, 9.17) is 30.5 Å². The molecule has 0 aliphatic heterocycles. The number of aliphatic imine (C=N–C) groups is 1. The van der Waals surface area contributed by atoms with Crippen LogP contribution in [0.5, 0.6) is 0 Å². The van der Waals surface area contributed by atoms with Crippen LogP contribution >= 0.6 is 32.1 Å². The van der Waals surface area contributed by atoms with E-state index in [1.165, 1.54) is 16.7 Å². The van der Waals surface area contributed by atoms with Gasteiger partial charge in [0.2, 0.25) is 0 Å². The van der Waals surface area contributed by atoms with E-state index in [2.05, 4.69) is 42.3 Å². The van der Waals surface area contributed by atoms with Crippen molar-refractivity contribution in [2.24, 2.45) is 9.39 Å². The molecule has 8 heteroatoms. The summed E-state index contributed by atoms with van der Waals surface area (Å²) in [6.07, 6.45) is 0. The number of aromatic nitrogens is 1. The fourth-order valence-electron chi connectivity index (χ4n) is 2.53. The van der Waals surface area contributed by atoms with Gasteiger partial charge in [-0.2, -0.15) is 5.26 Å². The van der Waals surface area contributed by atoms with Gasteiger partial charge in [0, 0.05) is 0 Å². The third kappa shape index (κ3) is 6.83. The van der Waals surface area contributed by atoms with Gasteiger partial charge >= 0.3 is 33.3 Å². The van der Waals surface area contributed by atoms with Crippen molar-refractivity contribution in [3.8, 4) is 5.40 Å². The quantitative estimate of drug-likeness (QED) is 0.253. The van der Waals surface area contributed by atoms with Crippen LogP contribution in [0.25, 0.3) is 0 Å². The molecule has 0 spiro atoms. The minimum atomic E-state index is 0.194. The molecule has 1 aromatic heterocycles. The van der Waals surface area contributed by atoms with E-state index in [9.17, 15) is 0 Å². The summed E-state index contributed by atoms with van der Waals surface area (Å²) in [4.78, 5) is 8.10. The van der Waals surface area contributed by atoms with Crippen molar-refractivity contribution in [1.82, 2.24) is 4.98 Å². The van der Waals surface area contributed by atoms with E-state index < -0.39 is 0 Å². The maximum absolute atomic E-state index is 8.57. The minimum absolute atomic E-state index is 0.194. The molecule has 0 bridgehead atoms. The van der Waals surface area contributed by atoms with Crippen LogP contribution in [0.2, 0.25) is 0 Å². The zero-order chi connectivity index (χ0) is 19.7. The molecule has 2 aromatic rings. The monoisotopic (exact) mass is 450 g/mol. The predicted octanol–water partition coefficient (Wildman–Crippen LogP) is 6.40. The second-order valence-electron chi connectivity index (χ2n) is 5.64. The average Bonchev–Trinajstić information content (AvgIpc) is 3.06. The number of hydrogen-bond acceptors (Lipinski definition) is 4. The molecule has 0 unspecified atom stereocenters. The Morgan fingerprint density at radius 2 is 1.58 bits per heavy atom. The van der Waals surface area contributed by atoms with Crippen molar-refractivity contribution in [1.29, 1.82) is 5.26 Å². The number of nitriles is 1. The van der Waals surface area contributed by atoms with Crippen molar-refractivity contribution in [2.45, 2.75) is 34.6 Å². The van der Waals surface area contributed by atoms with E-state index in [0.717, 1.165) is 40.4 Å². The zero-order valence-corrected chi connectivity index (χ0v) is 18.6. The summed E-state index contributed by atoms with van der Waals surface area (Å²) < 4.78 is 4.11. The van der Waals surface area contributed by atoms with E-state index in [1.54, 1.807) is 0 Å². The second kappa shape index (κ2) is 11.5. The molecular weight excluding hydrogens is 431 g/mol. The van der Waals surface area contributed by atoms with Gasteiger partial charge in [0.15, 0.2) is 5.40 Å². The summed E-state index contributed by atoms with van der Waals surface area (Å²) in [7, 11) is 9.53. The van der Waals surface area contributed by atoms with E-state index in [-0.39, 0.29) is 13.1 Å². The van der Waals surface area contributed by atoms with Gasteiger partial charge < -0.3 is 4.98 Å². The van der Waals surface area contributed by atoms with Crippen molar-refractivity contribution >= 4 is 49.3 Å². The number of nitrogens with one attached hydrogen (secondary N) is 1. The molecule has 0 saturated heterocycles. The van der Waals surface area contributed by atoms with Gasteiger partial charge in [-0.25, -0.2) is 4.40 Å². The third-order valence-corrected chi connectivity index (χ3v) is 4.05. The fraction of sp³-hybridized carbons (Fsp3) is 0.278. The van der Waals surface area contributed by atoms with Gasteiger partial charge in [0.25, 0.3) is 0 Å². The van der Waals surface area contributed by atoms with Gasteiger partial charge in [0.05, 0.1) is 40.4 Å². The molecule has 0 amide bonds. The van der Waals surface area contributed by atoms with Crippen LogP contribution in [0.1, 0.15) is 41.9 Å². The second-order valence-corrected chi connectivity index (χ2v) is 8.01. The standard InChI is InChI=1S/C18H20N4S.2ClH.Fe/c1-11-8-12(2)18(13(3)9-11)20-14(4)16-6-7-17(21-16)15(5)22-23-10-19;;;/h6-9,21H,1-5H3;2*1H;/q;;;+2/p-2/b20-14?,22-15+;;;. The van der Waals surface area contributed by atoms with Crippen LogP contribution in [0.4, 0.5) is 5.69 Å². The molecule has 1 heterocycles. The van der Waals surface area contributed by atoms with Crippen molar-refractivity contribution < 1.29 is 13.1 Å². The van der Waals surface area contributed by atoms with Crippen LogP contribution in [0.3, 0.4) is 0 Å². The summed E-state index contributed by atoms with van der Waals surface area (Å²) in [5.74, 6) is 0. The van der Waals surface area contributed by atoms with Crippen LogP contribution in [0, 0.1) is 31.4 Å². The number of hydrogen-bond donors (Lipinski definition) is 1. The number of nitrogens with zero attached hydrogens (tertiary/aromatic N) is 3. The summed E-state index contributed by atoms with van der Waals surface area (Å²) in [6.45, 7) is 10.1. The Bertz CT molecular complexity index is 830. The maximum atomic E-state index is 8.57. The summed E-state index contributed by atoms with van der Waals surface area (Å²) in [6, 6.07) is 8.24. The number of H-pyrrole nitrogens is 1. The third-order valence-electron chi connectivity index (χ3n) is 3.60. The molecule has 0 aliphatic carbocycles. The average molecular weight is 451 g/mol. The Labute approximate surface area is 173 Å². The molecule has 4 nitrogen and oxygen atoms in total. The van der Waals surface area contributed by atoms with Crippen molar-refractivity contribution in [3.05, 3.63) is 52.3 Å².